The number of nitrogens with zero attached hydrogens (tertiary/aromatic N) is 1. The van der Waals surface area contributed by atoms with E-state index >= 15 is 0 Å². The molecule has 43 heavy (non-hydrogen) atoms. The number of hydrogen-bond acceptors (Lipinski definition) is 8. The van der Waals surface area contributed by atoms with E-state index in [1.807, 2.05) is 6.92 Å². The van der Waals surface area contributed by atoms with Crippen molar-refractivity contribution in [2.24, 2.45) is 0 Å². The van der Waals surface area contributed by atoms with Gasteiger partial charge in [0, 0.05) is 21.7 Å². The molecule has 1 N–H and O–H groups in total. The van der Waals surface area contributed by atoms with Crippen molar-refractivity contribution in [2.45, 2.75) is 46.1 Å². The zero-order valence-corrected chi connectivity index (χ0v) is 24.1. The number of aromatic nitrogens is 1. The maximum Gasteiger partial charge on any atom is 0.573 e. The summed E-state index contributed by atoms with van der Waals surface area (Å²) in [6, 6.07) is 15.2. The highest BCUT2D eigenvalue weighted by Crippen LogP contribution is 2.41. The van der Waals surface area contributed by atoms with Crippen LogP contribution in [0.25, 0.3) is 22.0 Å². The van der Waals surface area contributed by atoms with Gasteiger partial charge in [-0.3, -0.25) is 4.98 Å². The second-order valence-electron chi connectivity index (χ2n) is 9.38. The van der Waals surface area contributed by atoms with Crippen LogP contribution in [0.2, 0.25) is 5.02 Å². The Hall–Kier alpha value is -4.22. The molecule has 0 spiro atoms. The Balaban J connectivity index is 1.58. The summed E-state index contributed by atoms with van der Waals surface area (Å²) in [4.78, 5) is 16.7. The Labute approximate surface area is 250 Å². The minimum atomic E-state index is -4.79. The van der Waals surface area contributed by atoms with Crippen LogP contribution in [-0.2, 0) is 16.1 Å². The van der Waals surface area contributed by atoms with Crippen molar-refractivity contribution in [3.8, 4) is 34.1 Å². The van der Waals surface area contributed by atoms with Crippen molar-refractivity contribution < 1.29 is 46.8 Å². The highest BCUT2D eigenvalue weighted by atomic mass is 35.5. The van der Waals surface area contributed by atoms with Gasteiger partial charge in [0.05, 0.1) is 18.7 Å². The predicted octanol–water partition coefficient (Wildman–Crippen LogP) is 8.73. The summed E-state index contributed by atoms with van der Waals surface area (Å²) in [5.41, 5.74) is 2.88. The summed E-state index contributed by atoms with van der Waals surface area (Å²) in [5, 5.41) is 10.5. The lowest BCUT2D eigenvalue weighted by Crippen LogP contribution is -2.16. The number of ether oxygens (including phenoxy) is 5. The summed E-state index contributed by atoms with van der Waals surface area (Å²) in [6.07, 6.45) is -2.99. The molecule has 0 aliphatic rings. The molecule has 1 aromatic heterocycles. The van der Waals surface area contributed by atoms with Crippen LogP contribution in [0.15, 0.2) is 60.7 Å². The molecule has 12 heteroatoms. The van der Waals surface area contributed by atoms with E-state index in [1.165, 1.54) is 12.1 Å². The lowest BCUT2D eigenvalue weighted by Gasteiger charge is -2.18. The first-order valence-corrected chi connectivity index (χ1v) is 13.8. The Bertz CT molecular complexity index is 1550. The first kappa shape index (κ1) is 31.7. The zero-order chi connectivity index (χ0) is 31.0. The van der Waals surface area contributed by atoms with Crippen molar-refractivity contribution in [1.82, 2.24) is 4.98 Å². The van der Waals surface area contributed by atoms with Gasteiger partial charge in [-0.2, -0.15) is 0 Å². The largest absolute Gasteiger partial charge is 0.573 e. The van der Waals surface area contributed by atoms with Crippen LogP contribution in [-0.4, -0.2) is 36.0 Å². The van der Waals surface area contributed by atoms with Crippen LogP contribution >= 0.6 is 11.6 Å². The summed E-state index contributed by atoms with van der Waals surface area (Å²) >= 11 is 6.39. The molecule has 4 aromatic rings. The number of aliphatic hydroxyl groups is 1. The molecular weight excluding hydrogens is 591 g/mol. The number of benzene rings is 3. The van der Waals surface area contributed by atoms with Gasteiger partial charge in [-0.15, -0.1) is 13.2 Å². The third kappa shape index (κ3) is 8.65. The maximum atomic E-state index is 12.4. The van der Waals surface area contributed by atoms with E-state index in [0.29, 0.717) is 55.6 Å². The first-order chi connectivity index (χ1) is 20.6. The number of hydrogen-bond donors (Lipinski definition) is 1. The molecule has 8 nitrogen and oxygen atoms in total. The molecule has 3 aromatic carbocycles. The summed E-state index contributed by atoms with van der Waals surface area (Å²) in [5.74, 6) is 0.721. The number of pyridine rings is 1. The molecule has 228 valence electrons. The normalized spacial score (nSPS) is 11.3. The lowest BCUT2D eigenvalue weighted by atomic mass is 9.99. The van der Waals surface area contributed by atoms with Crippen molar-refractivity contribution in [1.29, 1.82) is 0 Å². The average molecular weight is 620 g/mol. The van der Waals surface area contributed by atoms with Gasteiger partial charge in [0.1, 0.15) is 23.0 Å². The Morgan fingerprint density at radius 1 is 0.953 bits per heavy atom. The molecule has 0 amide bonds. The molecule has 0 saturated carbocycles. The maximum absolute atomic E-state index is 12.4. The third-order valence-corrected chi connectivity index (χ3v) is 6.59. The summed E-state index contributed by atoms with van der Waals surface area (Å²) < 4.78 is 63.1. The molecule has 4 rings (SSSR count). The highest BCUT2D eigenvalue weighted by Gasteiger charge is 2.31. The molecule has 0 aliphatic heterocycles. The molecule has 0 unspecified atom stereocenters. The van der Waals surface area contributed by atoms with Gasteiger partial charge in [-0.1, -0.05) is 43.5 Å². The molecule has 0 aliphatic carbocycles. The van der Waals surface area contributed by atoms with Crippen LogP contribution in [0.4, 0.5) is 18.0 Å². The number of aliphatic hydroxyl groups excluding tert-OH is 1. The number of aryl methyl sites for hydroxylation is 1. The number of alkyl halides is 3. The molecule has 0 bridgehead atoms. The first-order valence-electron chi connectivity index (χ1n) is 13.4. The second kappa shape index (κ2) is 14.3. The van der Waals surface area contributed by atoms with Crippen molar-refractivity contribution in [3.63, 3.8) is 0 Å². The molecule has 1 heterocycles. The molecule has 0 fully saturated rings. The van der Waals surface area contributed by atoms with Gasteiger partial charge in [0.15, 0.2) is 0 Å². The Morgan fingerprint density at radius 3 is 2.23 bits per heavy atom. The minimum Gasteiger partial charge on any atom is -0.457 e. The van der Waals surface area contributed by atoms with Crippen LogP contribution in [0.1, 0.15) is 37.4 Å². The lowest BCUT2D eigenvalue weighted by molar-refractivity contribution is -0.274. The molecular formula is C31H29ClF3NO7. The number of rotatable bonds is 12. The smallest absolute Gasteiger partial charge is 0.457 e. The fraction of sp³-hybridized carbons (Fsp3) is 0.290. The number of fused-ring (bicyclic) bond motifs is 1. The van der Waals surface area contributed by atoms with E-state index in [9.17, 15) is 23.1 Å². The fourth-order valence-corrected chi connectivity index (χ4v) is 4.47. The second-order valence-corrected chi connectivity index (χ2v) is 9.79. The van der Waals surface area contributed by atoms with Gasteiger partial charge in [-0.05, 0) is 73.0 Å². The van der Waals surface area contributed by atoms with E-state index in [2.05, 4.69) is 9.72 Å². The topological polar surface area (TPSA) is 96.3 Å². The number of carbonyl (C=O) groups is 1. The van der Waals surface area contributed by atoms with Gasteiger partial charge in [-0.25, -0.2) is 4.79 Å². The number of carbonyl (C=O) groups excluding carboxylic acids is 1. The highest BCUT2D eigenvalue weighted by molar-refractivity contribution is 6.32. The SMILES string of the molecule is CCCCCOC(=O)OCOc1c(-c2ccc(Oc3ccc(OC(F)(F)F)cc3)cc2)c(C)nc2cc(CO)c(Cl)cc12. The fourth-order valence-electron chi connectivity index (χ4n) is 4.25. The predicted molar refractivity (Wildman–Crippen MR) is 154 cm³/mol. The quantitative estimate of drug-likeness (QED) is 0.0955. The molecule has 0 radical (unpaired) electrons. The summed E-state index contributed by atoms with van der Waals surface area (Å²) in [7, 11) is 0. The minimum absolute atomic E-state index is 0.245. The van der Waals surface area contributed by atoms with Gasteiger partial charge in [0.25, 0.3) is 0 Å². The monoisotopic (exact) mass is 619 g/mol. The van der Waals surface area contributed by atoms with Crippen LogP contribution in [0, 0.1) is 6.92 Å². The van der Waals surface area contributed by atoms with Crippen LogP contribution < -0.4 is 14.2 Å². The van der Waals surface area contributed by atoms with E-state index < -0.39 is 19.3 Å². The van der Waals surface area contributed by atoms with Crippen molar-refractivity contribution in [2.75, 3.05) is 13.4 Å². The number of halogens is 4. The van der Waals surface area contributed by atoms with Gasteiger partial charge >= 0.3 is 12.5 Å². The number of unbranched alkanes of at least 4 members (excludes halogenated alkanes) is 2. The Morgan fingerprint density at radius 2 is 1.60 bits per heavy atom. The zero-order valence-electron chi connectivity index (χ0n) is 23.4. The standard InChI is InChI=1S/C31H29ClF3NO7/c1-3-4-5-14-39-30(38)41-18-40-29-25-16-26(32)21(17-37)15-27(25)36-19(2)28(29)20-6-8-22(9-7-20)42-23-10-12-24(13-11-23)43-31(33,34)35/h6-13,15-16,37H,3-5,14,17-18H2,1-2H3. The molecule has 0 saturated heterocycles. The van der Waals surface area contributed by atoms with Crippen LogP contribution in [0.3, 0.4) is 0 Å². The summed E-state index contributed by atoms with van der Waals surface area (Å²) in [6.45, 7) is 3.36. The van der Waals surface area contributed by atoms with Crippen molar-refractivity contribution >= 4 is 28.7 Å². The van der Waals surface area contributed by atoms with E-state index in [1.54, 1.807) is 43.3 Å². The Kier molecular flexibility index (Phi) is 10.5. The van der Waals surface area contributed by atoms with E-state index in [0.717, 1.165) is 31.4 Å². The average Bonchev–Trinajstić information content (AvgIpc) is 2.96. The van der Waals surface area contributed by atoms with Crippen LogP contribution in [0.5, 0.6) is 23.0 Å². The van der Waals surface area contributed by atoms with Gasteiger partial charge in [0.2, 0.25) is 6.79 Å². The third-order valence-electron chi connectivity index (χ3n) is 6.24. The van der Waals surface area contributed by atoms with Gasteiger partial charge < -0.3 is 28.8 Å². The molecule has 0 atom stereocenters. The van der Waals surface area contributed by atoms with E-state index in [4.69, 9.17) is 30.5 Å². The van der Waals surface area contributed by atoms with Crippen molar-refractivity contribution in [3.05, 3.63) is 76.9 Å². The van der Waals surface area contributed by atoms with E-state index in [-0.39, 0.29) is 19.0 Å².